The Morgan fingerprint density at radius 1 is 1.09 bits per heavy atom. The molecule has 0 saturated carbocycles. The Morgan fingerprint density at radius 2 is 1.88 bits per heavy atom. The summed E-state index contributed by atoms with van der Waals surface area (Å²) in [7, 11) is 0. The average molecular weight is 426 g/mol. The number of halogens is 1. The Labute approximate surface area is 182 Å². The lowest BCUT2D eigenvalue weighted by Gasteiger charge is -2.29. The van der Waals surface area contributed by atoms with E-state index in [2.05, 4.69) is 6.07 Å². The third-order valence-electron chi connectivity index (χ3n) is 5.60. The van der Waals surface area contributed by atoms with E-state index in [-0.39, 0.29) is 23.0 Å². The normalized spacial score (nSPS) is 17.4. The Balaban J connectivity index is 1.65. The van der Waals surface area contributed by atoms with Crippen molar-refractivity contribution in [3.8, 4) is 11.8 Å². The highest BCUT2D eigenvalue weighted by Crippen LogP contribution is 2.43. The summed E-state index contributed by atoms with van der Waals surface area (Å²) < 4.78 is 26.3. The van der Waals surface area contributed by atoms with Crippen LogP contribution in [-0.2, 0) is 6.54 Å². The number of nitrogens with zero attached hydrogens (tertiary/aromatic N) is 2. The van der Waals surface area contributed by atoms with Crippen molar-refractivity contribution >= 4 is 16.9 Å². The van der Waals surface area contributed by atoms with Crippen molar-refractivity contribution in [2.45, 2.75) is 12.5 Å². The maximum Gasteiger partial charge on any atom is 0.343 e. The van der Waals surface area contributed by atoms with Crippen molar-refractivity contribution in [2.75, 3.05) is 0 Å². The molecule has 2 aromatic carbocycles. The van der Waals surface area contributed by atoms with E-state index in [1.807, 2.05) is 29.1 Å². The second kappa shape index (κ2) is 7.75. The molecule has 32 heavy (non-hydrogen) atoms. The molecule has 0 amide bonds. The molecule has 1 aliphatic rings. The average Bonchev–Trinajstić information content (AvgIpc) is 2.80. The van der Waals surface area contributed by atoms with Crippen LogP contribution in [0.3, 0.4) is 0 Å². The van der Waals surface area contributed by atoms with Gasteiger partial charge in [-0.2, -0.15) is 5.26 Å². The lowest BCUT2D eigenvalue weighted by molar-refractivity contribution is -0.688. The first-order valence-electron chi connectivity index (χ1n) is 10.0. The van der Waals surface area contributed by atoms with Crippen LogP contribution in [0.2, 0.25) is 0 Å². The largest absolute Gasteiger partial charge is 0.441 e. The number of hydrogen-bond donors (Lipinski definition) is 1. The molecule has 2 unspecified atom stereocenters. The summed E-state index contributed by atoms with van der Waals surface area (Å²) in [5.74, 6) is -1.96. The van der Waals surface area contributed by atoms with Gasteiger partial charge in [-0.05, 0) is 42.5 Å². The molecular formula is C25H17FN3O3+. The first-order valence-corrected chi connectivity index (χ1v) is 10.0. The zero-order valence-corrected chi connectivity index (χ0v) is 16.8. The highest BCUT2D eigenvalue weighted by Gasteiger charge is 2.41. The molecule has 0 spiro atoms. The fourth-order valence-corrected chi connectivity index (χ4v) is 4.12. The predicted octanol–water partition coefficient (Wildman–Crippen LogP) is 3.91. The smallest absolute Gasteiger partial charge is 0.343 e. The number of ether oxygens (including phenoxy) is 1. The highest BCUT2D eigenvalue weighted by atomic mass is 19.1. The predicted molar refractivity (Wildman–Crippen MR) is 114 cm³/mol. The number of rotatable bonds is 3. The SMILES string of the molecule is N#CC1C(=N)Oc2c(c(=O)oc3ccccc23)C1c1ccc[n+](Cc2ccc(F)cc2)c1. The number of para-hydroxylation sites is 1. The van der Waals surface area contributed by atoms with E-state index in [0.717, 1.165) is 5.56 Å². The van der Waals surface area contributed by atoms with Crippen LogP contribution in [0.25, 0.3) is 11.0 Å². The minimum Gasteiger partial charge on any atom is -0.441 e. The number of fused-ring (bicyclic) bond motifs is 3. The number of aromatic nitrogens is 1. The molecule has 2 aromatic heterocycles. The van der Waals surface area contributed by atoms with Crippen LogP contribution < -0.4 is 14.9 Å². The maximum atomic E-state index is 13.2. The third-order valence-corrected chi connectivity index (χ3v) is 5.60. The van der Waals surface area contributed by atoms with E-state index in [0.29, 0.717) is 23.1 Å². The molecule has 0 aliphatic carbocycles. The van der Waals surface area contributed by atoms with Gasteiger partial charge in [0.1, 0.15) is 17.3 Å². The van der Waals surface area contributed by atoms with Crippen molar-refractivity contribution in [2.24, 2.45) is 5.92 Å². The number of benzene rings is 2. The first kappa shape index (κ1) is 19.6. The quantitative estimate of drug-likeness (QED) is 0.397. The molecule has 7 heteroatoms. The van der Waals surface area contributed by atoms with Crippen LogP contribution in [0.5, 0.6) is 5.75 Å². The van der Waals surface area contributed by atoms with E-state index >= 15 is 0 Å². The first-order chi connectivity index (χ1) is 15.5. The number of nitriles is 1. The summed E-state index contributed by atoms with van der Waals surface area (Å²) in [6.07, 6.45) is 3.68. The second-order valence-electron chi connectivity index (χ2n) is 7.62. The van der Waals surface area contributed by atoms with E-state index in [1.54, 1.807) is 36.4 Å². The Morgan fingerprint density at radius 3 is 2.66 bits per heavy atom. The summed E-state index contributed by atoms with van der Waals surface area (Å²) in [6, 6.07) is 18.9. The number of pyridine rings is 1. The van der Waals surface area contributed by atoms with Crippen molar-refractivity contribution in [1.29, 1.82) is 10.7 Å². The van der Waals surface area contributed by atoms with E-state index in [4.69, 9.17) is 14.6 Å². The zero-order chi connectivity index (χ0) is 22.2. The lowest BCUT2D eigenvalue weighted by atomic mass is 9.80. The number of nitrogens with one attached hydrogen (secondary N) is 1. The van der Waals surface area contributed by atoms with Gasteiger partial charge in [-0.3, -0.25) is 5.41 Å². The van der Waals surface area contributed by atoms with Crippen LogP contribution >= 0.6 is 0 Å². The van der Waals surface area contributed by atoms with Gasteiger partial charge in [-0.1, -0.05) is 12.1 Å². The van der Waals surface area contributed by atoms with E-state index in [9.17, 15) is 14.4 Å². The fraction of sp³-hybridized carbons (Fsp3) is 0.120. The van der Waals surface area contributed by atoms with Crippen LogP contribution in [0.4, 0.5) is 4.39 Å². The molecule has 156 valence electrons. The fourth-order valence-electron chi connectivity index (χ4n) is 4.12. The Hall–Kier alpha value is -4.31. The van der Waals surface area contributed by atoms with Gasteiger partial charge in [0.25, 0.3) is 0 Å². The minimum atomic E-state index is -0.978. The molecule has 0 fully saturated rings. The van der Waals surface area contributed by atoms with Gasteiger partial charge >= 0.3 is 5.63 Å². The Kier molecular flexibility index (Phi) is 4.75. The van der Waals surface area contributed by atoms with Crippen LogP contribution in [0, 0.1) is 28.5 Å². The molecule has 6 nitrogen and oxygen atoms in total. The molecule has 0 bridgehead atoms. The zero-order valence-electron chi connectivity index (χ0n) is 16.8. The van der Waals surface area contributed by atoms with Crippen LogP contribution in [0.1, 0.15) is 22.6 Å². The van der Waals surface area contributed by atoms with Crippen molar-refractivity contribution in [3.63, 3.8) is 0 Å². The highest BCUT2D eigenvalue weighted by molar-refractivity contribution is 5.92. The third kappa shape index (κ3) is 3.32. The summed E-state index contributed by atoms with van der Waals surface area (Å²) in [5, 5.41) is 18.7. The van der Waals surface area contributed by atoms with Gasteiger partial charge in [-0.15, -0.1) is 0 Å². The molecule has 3 heterocycles. The van der Waals surface area contributed by atoms with Crippen molar-refractivity contribution < 1.29 is 18.1 Å². The van der Waals surface area contributed by atoms with Crippen molar-refractivity contribution in [1.82, 2.24) is 0 Å². The summed E-state index contributed by atoms with van der Waals surface area (Å²) in [5.41, 5.74) is 1.57. The van der Waals surface area contributed by atoms with Gasteiger partial charge in [0.15, 0.2) is 24.7 Å². The summed E-state index contributed by atoms with van der Waals surface area (Å²) in [4.78, 5) is 13.0. The topological polar surface area (TPSA) is 91.0 Å². The number of hydrogen-bond acceptors (Lipinski definition) is 5. The van der Waals surface area contributed by atoms with Gasteiger partial charge in [-0.25, -0.2) is 13.8 Å². The Bertz CT molecular complexity index is 1450. The maximum absolute atomic E-state index is 13.2. The molecule has 4 aromatic rings. The van der Waals surface area contributed by atoms with Gasteiger partial charge in [0.2, 0.25) is 5.90 Å². The molecular weight excluding hydrogens is 409 g/mol. The molecule has 0 radical (unpaired) electrons. The second-order valence-corrected chi connectivity index (χ2v) is 7.62. The van der Waals surface area contributed by atoms with Gasteiger partial charge in [0.05, 0.1) is 22.9 Å². The van der Waals surface area contributed by atoms with Gasteiger partial charge < -0.3 is 9.15 Å². The minimum absolute atomic E-state index is 0.213. The molecule has 2 atom stereocenters. The van der Waals surface area contributed by atoms with Gasteiger partial charge in [0, 0.05) is 17.2 Å². The standard InChI is InChI=1S/C25H17FN3O3/c26-17-9-7-15(8-10-17)13-29-11-3-4-16(14-29)21-19(12-27)24(28)32-23-18-5-1-2-6-20(18)31-25(30)22(21)23/h1-11,14,19,21,28H,13H2/q+1. The summed E-state index contributed by atoms with van der Waals surface area (Å²) in [6.45, 7) is 0.477. The monoisotopic (exact) mass is 426 g/mol. The van der Waals surface area contributed by atoms with E-state index in [1.165, 1.54) is 12.1 Å². The van der Waals surface area contributed by atoms with Crippen LogP contribution in [0.15, 0.2) is 82.3 Å². The molecule has 5 rings (SSSR count). The molecule has 1 N–H and O–H groups in total. The lowest BCUT2D eigenvalue weighted by Crippen LogP contribution is -2.38. The van der Waals surface area contributed by atoms with Crippen molar-refractivity contribution in [3.05, 3.63) is 106 Å². The van der Waals surface area contributed by atoms with Crippen LogP contribution in [-0.4, -0.2) is 5.90 Å². The molecule has 0 saturated heterocycles. The summed E-state index contributed by atoms with van der Waals surface area (Å²) >= 11 is 0. The van der Waals surface area contributed by atoms with E-state index < -0.39 is 17.5 Å². The molecule has 1 aliphatic heterocycles.